The van der Waals surface area contributed by atoms with Gasteiger partial charge in [-0.2, -0.15) is 0 Å². The summed E-state index contributed by atoms with van der Waals surface area (Å²) in [6.45, 7) is 14.0. The number of nitrogens with one attached hydrogen (secondary N) is 3. The molecule has 1 heterocycles. The number of hydrogen-bond acceptors (Lipinski definition) is 3. The van der Waals surface area contributed by atoms with E-state index in [4.69, 9.17) is 0 Å². The highest BCUT2D eigenvalue weighted by Crippen LogP contribution is 2.19. The van der Waals surface area contributed by atoms with Crippen molar-refractivity contribution in [3.05, 3.63) is 35.4 Å². The number of likely N-dealkylation sites (tertiary alicyclic amines) is 1. The number of aliphatic imine (C=N–C) groups is 1. The maximum Gasteiger partial charge on any atom is 0.239 e. The normalized spacial score (nSPS) is 17.8. The summed E-state index contributed by atoms with van der Waals surface area (Å²) in [4.78, 5) is 19.2. The number of rotatable bonds is 7. The Hall–Kier alpha value is -1.35. The molecule has 0 radical (unpaired) electrons. The van der Waals surface area contributed by atoms with Gasteiger partial charge in [0.25, 0.3) is 0 Å². The Kier molecular flexibility index (Phi) is 11.7. The molecule has 0 spiro atoms. The van der Waals surface area contributed by atoms with Gasteiger partial charge in [-0.15, -0.1) is 24.0 Å². The van der Waals surface area contributed by atoms with Gasteiger partial charge < -0.3 is 16.0 Å². The second-order valence-electron chi connectivity index (χ2n) is 8.98. The van der Waals surface area contributed by atoms with E-state index in [1.807, 2.05) is 27.7 Å². The second kappa shape index (κ2) is 13.1. The summed E-state index contributed by atoms with van der Waals surface area (Å²) in [5.74, 6) is 0.613. The van der Waals surface area contributed by atoms with E-state index < -0.39 is 0 Å². The van der Waals surface area contributed by atoms with E-state index >= 15 is 0 Å². The number of hydrogen-bond donors (Lipinski definition) is 3. The zero-order chi connectivity index (χ0) is 21.3. The fourth-order valence-corrected chi connectivity index (χ4v) is 3.52. The van der Waals surface area contributed by atoms with Gasteiger partial charge in [0.15, 0.2) is 5.96 Å². The van der Waals surface area contributed by atoms with Crippen molar-refractivity contribution in [2.45, 2.75) is 78.6 Å². The first-order valence-corrected chi connectivity index (χ1v) is 10.9. The molecule has 1 aliphatic heterocycles. The number of guanidine groups is 1. The van der Waals surface area contributed by atoms with Gasteiger partial charge in [-0.25, -0.2) is 4.99 Å². The van der Waals surface area contributed by atoms with Crippen LogP contribution in [0.25, 0.3) is 0 Å². The third-order valence-electron chi connectivity index (χ3n) is 5.04. The minimum absolute atomic E-state index is 0. The summed E-state index contributed by atoms with van der Waals surface area (Å²) in [5, 5.41) is 9.24. The highest BCUT2D eigenvalue weighted by molar-refractivity contribution is 14.0. The molecule has 6 nitrogen and oxygen atoms in total. The van der Waals surface area contributed by atoms with Crippen LogP contribution in [0.1, 0.15) is 65.0 Å². The van der Waals surface area contributed by atoms with Crippen LogP contribution in [0.3, 0.4) is 0 Å². The van der Waals surface area contributed by atoms with E-state index in [0.717, 1.165) is 18.7 Å². The molecule has 0 bridgehead atoms. The monoisotopic (exact) mass is 529 g/mol. The van der Waals surface area contributed by atoms with Crippen LogP contribution < -0.4 is 16.0 Å². The minimum Gasteiger partial charge on any atom is -0.357 e. The van der Waals surface area contributed by atoms with Gasteiger partial charge >= 0.3 is 0 Å². The minimum atomic E-state index is -0.234. The molecule has 0 aliphatic carbocycles. The van der Waals surface area contributed by atoms with Gasteiger partial charge in [0, 0.05) is 24.7 Å². The Bertz CT molecular complexity index is 669. The van der Waals surface area contributed by atoms with Crippen LogP contribution >= 0.6 is 24.0 Å². The zero-order valence-electron chi connectivity index (χ0n) is 19.3. The molecule has 7 heteroatoms. The SMILES string of the molecule is CCNC(=NCc1ccc(CN2CCCCC2C)cc1)NCC(=O)NC(C)(C)C.I. The summed E-state index contributed by atoms with van der Waals surface area (Å²) in [6.07, 6.45) is 3.97. The van der Waals surface area contributed by atoms with Gasteiger partial charge in [0.2, 0.25) is 5.91 Å². The van der Waals surface area contributed by atoms with Crippen molar-refractivity contribution in [1.82, 2.24) is 20.9 Å². The van der Waals surface area contributed by atoms with E-state index in [1.54, 1.807) is 0 Å². The smallest absolute Gasteiger partial charge is 0.239 e. The highest BCUT2D eigenvalue weighted by Gasteiger charge is 2.18. The van der Waals surface area contributed by atoms with Crippen molar-refractivity contribution in [3.8, 4) is 0 Å². The van der Waals surface area contributed by atoms with Crippen molar-refractivity contribution < 1.29 is 4.79 Å². The van der Waals surface area contributed by atoms with E-state index in [1.165, 1.54) is 31.4 Å². The van der Waals surface area contributed by atoms with Crippen LogP contribution in [0.15, 0.2) is 29.3 Å². The fourth-order valence-electron chi connectivity index (χ4n) is 3.52. The van der Waals surface area contributed by atoms with E-state index in [2.05, 4.69) is 57.0 Å². The van der Waals surface area contributed by atoms with Crippen LogP contribution in [0, 0.1) is 0 Å². The summed E-state index contributed by atoms with van der Waals surface area (Å²) in [5.41, 5.74) is 2.29. The molecular weight excluding hydrogens is 489 g/mol. The van der Waals surface area contributed by atoms with Gasteiger partial charge in [-0.3, -0.25) is 9.69 Å². The molecule has 30 heavy (non-hydrogen) atoms. The van der Waals surface area contributed by atoms with Crippen molar-refractivity contribution in [1.29, 1.82) is 0 Å². The predicted molar refractivity (Wildman–Crippen MR) is 136 cm³/mol. The lowest BCUT2D eigenvalue weighted by Crippen LogP contribution is -2.48. The third kappa shape index (κ3) is 10.1. The molecule has 1 amide bonds. The summed E-state index contributed by atoms with van der Waals surface area (Å²) in [7, 11) is 0. The number of benzene rings is 1. The van der Waals surface area contributed by atoms with Crippen LogP contribution in [-0.2, 0) is 17.9 Å². The molecule has 170 valence electrons. The quantitative estimate of drug-likeness (QED) is 0.287. The standard InChI is InChI=1S/C23H39N5O.HI/c1-6-24-22(26-16-21(29)27-23(3,4)5)25-15-19-10-12-20(13-11-19)17-28-14-8-7-9-18(28)2;/h10-13,18H,6-9,14-17H2,1-5H3,(H,27,29)(H2,24,25,26);1H. The number of halogens is 1. The Labute approximate surface area is 199 Å². The van der Waals surface area contributed by atoms with Crippen LogP contribution in [-0.4, -0.2) is 48.0 Å². The van der Waals surface area contributed by atoms with E-state index in [0.29, 0.717) is 18.5 Å². The maximum absolute atomic E-state index is 12.0. The van der Waals surface area contributed by atoms with Gasteiger partial charge in [0.05, 0.1) is 13.1 Å². The van der Waals surface area contributed by atoms with Crippen molar-refractivity contribution >= 4 is 35.8 Å². The summed E-state index contributed by atoms with van der Waals surface area (Å²) in [6, 6.07) is 9.41. The molecule has 3 N–H and O–H groups in total. The zero-order valence-corrected chi connectivity index (χ0v) is 21.6. The van der Waals surface area contributed by atoms with Crippen LogP contribution in [0.5, 0.6) is 0 Å². The van der Waals surface area contributed by atoms with Gasteiger partial charge in [-0.05, 0) is 65.1 Å². The predicted octanol–water partition coefficient (Wildman–Crippen LogP) is 3.65. The number of carbonyl (C=O) groups is 1. The first-order chi connectivity index (χ1) is 13.8. The second-order valence-corrected chi connectivity index (χ2v) is 8.98. The molecule has 2 rings (SSSR count). The number of amides is 1. The highest BCUT2D eigenvalue weighted by atomic mass is 127. The topological polar surface area (TPSA) is 68.8 Å². The van der Waals surface area contributed by atoms with Crippen molar-refractivity contribution in [2.75, 3.05) is 19.6 Å². The molecule has 1 unspecified atom stereocenters. The lowest BCUT2D eigenvalue weighted by atomic mass is 10.0. The lowest BCUT2D eigenvalue weighted by molar-refractivity contribution is -0.121. The molecule has 1 fully saturated rings. The Morgan fingerprint density at radius 1 is 1.13 bits per heavy atom. The maximum atomic E-state index is 12.0. The number of nitrogens with zero attached hydrogens (tertiary/aromatic N) is 2. The molecule has 0 saturated carbocycles. The van der Waals surface area contributed by atoms with E-state index in [9.17, 15) is 4.79 Å². The molecule has 0 aromatic heterocycles. The van der Waals surface area contributed by atoms with Gasteiger partial charge in [-0.1, -0.05) is 30.7 Å². The Morgan fingerprint density at radius 3 is 2.40 bits per heavy atom. The van der Waals surface area contributed by atoms with Crippen LogP contribution in [0.4, 0.5) is 0 Å². The largest absolute Gasteiger partial charge is 0.357 e. The average Bonchev–Trinajstić information content (AvgIpc) is 2.65. The first kappa shape index (κ1) is 26.7. The Balaban J connectivity index is 0.00000450. The number of carbonyl (C=O) groups excluding carboxylic acids is 1. The number of piperidine rings is 1. The average molecular weight is 530 g/mol. The molecule has 1 saturated heterocycles. The third-order valence-corrected chi connectivity index (χ3v) is 5.04. The first-order valence-electron chi connectivity index (χ1n) is 10.9. The van der Waals surface area contributed by atoms with Crippen molar-refractivity contribution in [3.63, 3.8) is 0 Å². The van der Waals surface area contributed by atoms with E-state index in [-0.39, 0.29) is 42.0 Å². The summed E-state index contributed by atoms with van der Waals surface area (Å²) >= 11 is 0. The molecule has 1 aromatic carbocycles. The molecular formula is C23H40IN5O. The van der Waals surface area contributed by atoms with Crippen LogP contribution in [0.2, 0.25) is 0 Å². The molecule has 1 aliphatic rings. The van der Waals surface area contributed by atoms with Gasteiger partial charge in [0.1, 0.15) is 0 Å². The van der Waals surface area contributed by atoms with Crippen molar-refractivity contribution in [2.24, 2.45) is 4.99 Å². The lowest BCUT2D eigenvalue weighted by Gasteiger charge is -2.33. The summed E-state index contributed by atoms with van der Waals surface area (Å²) < 4.78 is 0. The fraction of sp³-hybridized carbons (Fsp3) is 0.652. The molecule has 1 atom stereocenters. The Morgan fingerprint density at radius 2 is 1.80 bits per heavy atom. The molecule has 1 aromatic rings.